The molecule has 0 atom stereocenters. The third kappa shape index (κ3) is 3.59. The molecule has 0 heterocycles. The van der Waals surface area contributed by atoms with Gasteiger partial charge in [0.1, 0.15) is 0 Å². The molecule has 0 unspecified atom stereocenters. The van der Waals surface area contributed by atoms with E-state index in [1.165, 1.54) is 6.07 Å². The minimum absolute atomic E-state index is 0. The summed E-state index contributed by atoms with van der Waals surface area (Å²) in [5.74, 6) is 0. The molecule has 0 fully saturated rings. The molecule has 0 saturated carbocycles. The van der Waals surface area contributed by atoms with E-state index in [9.17, 15) is 13.2 Å². The SMILES string of the molecule is CSc1ccc(CN)cc1C(F)(F)F.Cl. The molecule has 1 rings (SSSR count). The summed E-state index contributed by atoms with van der Waals surface area (Å²) < 4.78 is 37.5. The highest BCUT2D eigenvalue weighted by Crippen LogP contribution is 2.36. The lowest BCUT2D eigenvalue weighted by Gasteiger charge is -2.12. The van der Waals surface area contributed by atoms with Gasteiger partial charge in [0.05, 0.1) is 5.56 Å². The molecule has 0 amide bonds. The maximum Gasteiger partial charge on any atom is 0.417 e. The molecule has 15 heavy (non-hydrogen) atoms. The fraction of sp³-hybridized carbons (Fsp3) is 0.333. The monoisotopic (exact) mass is 257 g/mol. The molecule has 1 nitrogen and oxygen atoms in total. The summed E-state index contributed by atoms with van der Waals surface area (Å²) in [4.78, 5) is 0.231. The Morgan fingerprint density at radius 1 is 1.33 bits per heavy atom. The van der Waals surface area contributed by atoms with Crippen molar-refractivity contribution in [1.82, 2.24) is 0 Å². The van der Waals surface area contributed by atoms with Gasteiger partial charge in [-0.1, -0.05) is 6.07 Å². The van der Waals surface area contributed by atoms with Crippen molar-refractivity contribution in [3.63, 3.8) is 0 Å². The zero-order chi connectivity index (χ0) is 10.8. The fourth-order valence-electron chi connectivity index (χ4n) is 1.10. The Morgan fingerprint density at radius 2 is 1.93 bits per heavy atom. The molecule has 0 bridgehead atoms. The zero-order valence-corrected chi connectivity index (χ0v) is 9.60. The molecule has 1 aromatic carbocycles. The fourth-order valence-corrected chi connectivity index (χ4v) is 1.70. The van der Waals surface area contributed by atoms with E-state index in [1.807, 2.05) is 0 Å². The highest BCUT2D eigenvalue weighted by atomic mass is 35.5. The van der Waals surface area contributed by atoms with Gasteiger partial charge in [-0.15, -0.1) is 24.2 Å². The van der Waals surface area contributed by atoms with Gasteiger partial charge in [-0.2, -0.15) is 13.2 Å². The Morgan fingerprint density at radius 3 is 2.33 bits per heavy atom. The van der Waals surface area contributed by atoms with E-state index in [0.717, 1.165) is 17.8 Å². The second-order valence-electron chi connectivity index (χ2n) is 2.74. The molecule has 6 heteroatoms. The summed E-state index contributed by atoms with van der Waals surface area (Å²) in [5.41, 5.74) is 5.17. The maximum atomic E-state index is 12.5. The number of nitrogens with two attached hydrogens (primary N) is 1. The average molecular weight is 258 g/mol. The van der Waals surface area contributed by atoms with Crippen molar-refractivity contribution in [1.29, 1.82) is 0 Å². The Kier molecular flexibility index (Phi) is 5.48. The van der Waals surface area contributed by atoms with Crippen LogP contribution in [0.4, 0.5) is 13.2 Å². The van der Waals surface area contributed by atoms with Crippen LogP contribution in [-0.2, 0) is 12.7 Å². The van der Waals surface area contributed by atoms with Crippen LogP contribution in [0.2, 0.25) is 0 Å². The van der Waals surface area contributed by atoms with Crippen LogP contribution in [0, 0.1) is 0 Å². The normalized spacial score (nSPS) is 11.0. The summed E-state index contributed by atoms with van der Waals surface area (Å²) in [6, 6.07) is 4.17. The van der Waals surface area contributed by atoms with Crippen molar-refractivity contribution in [3.05, 3.63) is 29.3 Å². The van der Waals surface area contributed by atoms with Gasteiger partial charge in [-0.25, -0.2) is 0 Å². The van der Waals surface area contributed by atoms with E-state index < -0.39 is 11.7 Å². The smallest absolute Gasteiger partial charge is 0.326 e. The first-order valence-corrected chi connectivity index (χ1v) is 5.15. The minimum atomic E-state index is -4.30. The van der Waals surface area contributed by atoms with E-state index in [0.29, 0.717) is 5.56 Å². The number of hydrogen-bond donors (Lipinski definition) is 1. The first-order valence-electron chi connectivity index (χ1n) is 3.93. The highest BCUT2D eigenvalue weighted by Gasteiger charge is 2.33. The quantitative estimate of drug-likeness (QED) is 0.823. The first kappa shape index (κ1) is 14.6. The van der Waals surface area contributed by atoms with E-state index in [2.05, 4.69) is 0 Å². The Balaban J connectivity index is 0.00000196. The van der Waals surface area contributed by atoms with Crippen LogP contribution in [0.15, 0.2) is 23.1 Å². The summed E-state index contributed by atoms with van der Waals surface area (Å²) >= 11 is 1.08. The molecule has 0 saturated heterocycles. The standard InChI is InChI=1S/C9H10F3NS.ClH/c1-14-8-3-2-6(5-13)4-7(8)9(10,11)12;/h2-4H,5,13H2,1H3;1H. The van der Waals surface area contributed by atoms with Gasteiger partial charge in [0.2, 0.25) is 0 Å². The van der Waals surface area contributed by atoms with Crippen LogP contribution >= 0.6 is 24.2 Å². The van der Waals surface area contributed by atoms with Gasteiger partial charge in [0, 0.05) is 11.4 Å². The van der Waals surface area contributed by atoms with Crippen molar-refractivity contribution in [2.75, 3.05) is 6.26 Å². The van der Waals surface area contributed by atoms with E-state index in [4.69, 9.17) is 5.73 Å². The molecule has 1 aromatic rings. The van der Waals surface area contributed by atoms with Crippen LogP contribution in [0.3, 0.4) is 0 Å². The van der Waals surface area contributed by atoms with Crippen LogP contribution in [-0.4, -0.2) is 6.26 Å². The Labute approximate surface area is 96.6 Å². The van der Waals surface area contributed by atoms with Crippen molar-refractivity contribution in [2.45, 2.75) is 17.6 Å². The Hall–Kier alpha value is -0.390. The van der Waals surface area contributed by atoms with Gasteiger partial charge < -0.3 is 5.73 Å². The number of hydrogen-bond acceptors (Lipinski definition) is 2. The second-order valence-corrected chi connectivity index (χ2v) is 3.58. The van der Waals surface area contributed by atoms with Gasteiger partial charge in [0.15, 0.2) is 0 Å². The summed E-state index contributed by atoms with van der Waals surface area (Å²) in [7, 11) is 0. The van der Waals surface area contributed by atoms with E-state index in [-0.39, 0.29) is 23.8 Å². The second kappa shape index (κ2) is 5.63. The van der Waals surface area contributed by atoms with Gasteiger partial charge >= 0.3 is 6.18 Å². The number of halogens is 4. The molecular weight excluding hydrogens is 247 g/mol. The maximum absolute atomic E-state index is 12.5. The third-order valence-corrected chi connectivity index (χ3v) is 2.60. The van der Waals surface area contributed by atoms with Gasteiger partial charge in [-0.05, 0) is 24.0 Å². The minimum Gasteiger partial charge on any atom is -0.326 e. The van der Waals surface area contributed by atoms with Crippen LogP contribution in [0.5, 0.6) is 0 Å². The molecule has 0 aromatic heterocycles. The van der Waals surface area contributed by atoms with Crippen molar-refractivity contribution < 1.29 is 13.2 Å². The molecule has 2 N–H and O–H groups in total. The summed E-state index contributed by atoms with van der Waals surface area (Å²) in [6.07, 6.45) is -2.68. The predicted octanol–water partition coefficient (Wildman–Crippen LogP) is 3.31. The summed E-state index contributed by atoms with van der Waals surface area (Å²) in [5, 5.41) is 0. The molecule has 0 radical (unpaired) electrons. The average Bonchev–Trinajstić information content (AvgIpc) is 2.15. The number of thioether (sulfide) groups is 1. The van der Waals surface area contributed by atoms with E-state index >= 15 is 0 Å². The highest BCUT2D eigenvalue weighted by molar-refractivity contribution is 7.98. The number of rotatable bonds is 2. The van der Waals surface area contributed by atoms with Gasteiger partial charge in [0.25, 0.3) is 0 Å². The lowest BCUT2D eigenvalue weighted by atomic mass is 10.1. The topological polar surface area (TPSA) is 26.0 Å². The first-order chi connectivity index (χ1) is 6.49. The van der Waals surface area contributed by atoms with E-state index in [1.54, 1.807) is 12.3 Å². The molecule has 0 aliphatic rings. The largest absolute Gasteiger partial charge is 0.417 e. The van der Waals surface area contributed by atoms with Crippen LogP contribution in [0.25, 0.3) is 0 Å². The molecular formula is C9H11ClF3NS. The number of alkyl halides is 3. The lowest BCUT2D eigenvalue weighted by molar-refractivity contribution is -0.139. The Bertz CT molecular complexity index is 328. The van der Waals surface area contributed by atoms with Crippen molar-refractivity contribution >= 4 is 24.2 Å². The molecule has 86 valence electrons. The van der Waals surface area contributed by atoms with Crippen molar-refractivity contribution in [3.8, 4) is 0 Å². The van der Waals surface area contributed by atoms with Crippen LogP contribution in [0.1, 0.15) is 11.1 Å². The lowest BCUT2D eigenvalue weighted by Crippen LogP contribution is -2.08. The molecule has 0 spiro atoms. The van der Waals surface area contributed by atoms with Crippen LogP contribution < -0.4 is 5.73 Å². The van der Waals surface area contributed by atoms with Gasteiger partial charge in [-0.3, -0.25) is 0 Å². The molecule has 0 aliphatic heterocycles. The zero-order valence-electron chi connectivity index (χ0n) is 7.97. The number of benzene rings is 1. The molecule has 0 aliphatic carbocycles. The predicted molar refractivity (Wildman–Crippen MR) is 58.4 cm³/mol. The summed E-state index contributed by atoms with van der Waals surface area (Å²) in [6.45, 7) is 0.123. The third-order valence-electron chi connectivity index (χ3n) is 1.80. The van der Waals surface area contributed by atoms with Crippen molar-refractivity contribution in [2.24, 2.45) is 5.73 Å².